The Morgan fingerprint density at radius 1 is 0.862 bits per heavy atom. The second-order valence-electron chi connectivity index (χ2n) is 5.21. The van der Waals surface area contributed by atoms with E-state index in [0.717, 1.165) is 0 Å². The summed E-state index contributed by atoms with van der Waals surface area (Å²) >= 11 is 0. The van der Waals surface area contributed by atoms with Crippen LogP contribution in [0.25, 0.3) is 5.95 Å². The van der Waals surface area contributed by atoms with E-state index >= 15 is 0 Å². The lowest BCUT2D eigenvalue weighted by molar-refractivity contribution is -0.782. The third-order valence-electron chi connectivity index (χ3n) is 3.10. The first kappa shape index (κ1) is 20.9. The van der Waals surface area contributed by atoms with E-state index in [1.165, 1.54) is 17.1 Å². The van der Waals surface area contributed by atoms with Crippen LogP contribution in [-0.4, -0.2) is 71.9 Å². The van der Waals surface area contributed by atoms with Crippen molar-refractivity contribution in [3.63, 3.8) is 0 Å². The van der Waals surface area contributed by atoms with Gasteiger partial charge in [-0.25, -0.2) is 4.68 Å². The van der Waals surface area contributed by atoms with Crippen molar-refractivity contribution in [2.75, 3.05) is 26.4 Å². The molecule has 0 saturated heterocycles. The van der Waals surface area contributed by atoms with Crippen LogP contribution in [0.5, 0.6) is 6.01 Å². The van der Waals surface area contributed by atoms with Crippen molar-refractivity contribution in [2.24, 2.45) is 5.41 Å². The van der Waals surface area contributed by atoms with Gasteiger partial charge in [-0.3, -0.25) is 0 Å². The Balaban J connectivity index is 2.13. The van der Waals surface area contributed by atoms with Crippen molar-refractivity contribution in [1.29, 1.82) is 0 Å². The number of hydrogen-bond acceptors (Lipinski definition) is 15. The number of nitrogens with zero attached hydrogens (tertiary/aromatic N) is 9. The normalized spacial score (nSPS) is 10.8. The minimum atomic E-state index is -1.85. The van der Waals surface area contributed by atoms with Crippen LogP contribution in [0, 0.1) is 35.8 Å². The van der Waals surface area contributed by atoms with Gasteiger partial charge in [0.05, 0.1) is 5.41 Å². The van der Waals surface area contributed by atoms with Crippen LogP contribution in [0.2, 0.25) is 0 Å². The van der Waals surface area contributed by atoms with E-state index in [4.69, 9.17) is 4.74 Å². The molecule has 2 rings (SSSR count). The first-order valence-electron chi connectivity index (χ1n) is 7.32. The lowest BCUT2D eigenvalue weighted by atomic mass is 9.92. The smallest absolute Gasteiger partial charge is 0.355 e. The maximum atomic E-state index is 10.5. The van der Waals surface area contributed by atoms with Gasteiger partial charge in [0, 0.05) is 12.4 Å². The molecule has 29 heavy (non-hydrogen) atoms. The maximum Gasteiger partial charge on any atom is 0.355 e. The topological polar surface area (TPSA) is 236 Å². The summed E-state index contributed by atoms with van der Waals surface area (Å²) in [7, 11) is 0. The van der Waals surface area contributed by atoms with Gasteiger partial charge in [0.1, 0.15) is 26.4 Å². The Kier molecular flexibility index (Phi) is 6.81. The molecule has 19 nitrogen and oxygen atoms in total. The molecule has 2 aromatic heterocycles. The number of rotatable bonds is 13. The quantitative estimate of drug-likeness (QED) is 0.264. The molecule has 0 aliphatic carbocycles. The van der Waals surface area contributed by atoms with Crippen LogP contribution < -0.4 is 4.74 Å². The predicted molar refractivity (Wildman–Crippen MR) is 81.5 cm³/mol. The second-order valence-corrected chi connectivity index (χ2v) is 5.21. The van der Waals surface area contributed by atoms with Gasteiger partial charge >= 0.3 is 6.01 Å². The van der Waals surface area contributed by atoms with Crippen LogP contribution in [0.1, 0.15) is 0 Å². The minimum Gasteiger partial charge on any atom is -0.461 e. The highest BCUT2D eigenvalue weighted by atomic mass is 17.0. The van der Waals surface area contributed by atoms with Crippen molar-refractivity contribution in [1.82, 2.24) is 30.2 Å². The summed E-state index contributed by atoms with van der Waals surface area (Å²) in [6, 6.07) is 1.16. The molecule has 0 bridgehead atoms. The molecule has 0 aliphatic heterocycles. The van der Waals surface area contributed by atoms with E-state index in [9.17, 15) is 30.3 Å². The van der Waals surface area contributed by atoms with Crippen molar-refractivity contribution >= 4 is 0 Å². The van der Waals surface area contributed by atoms with Gasteiger partial charge in [-0.1, -0.05) is 10.2 Å². The first-order valence-corrected chi connectivity index (χ1v) is 7.32. The molecule has 156 valence electrons. The molecule has 0 atom stereocenters. The third-order valence-corrected chi connectivity index (χ3v) is 3.10. The summed E-state index contributed by atoms with van der Waals surface area (Å²) in [5, 5.41) is 46.2. The Morgan fingerprint density at radius 2 is 1.38 bits per heavy atom. The Morgan fingerprint density at radius 3 is 1.79 bits per heavy atom. The summed E-state index contributed by atoms with van der Waals surface area (Å²) in [4.78, 5) is 44.0. The van der Waals surface area contributed by atoms with Crippen molar-refractivity contribution < 1.29 is 34.5 Å². The maximum absolute atomic E-state index is 10.5. The lowest BCUT2D eigenvalue weighted by Gasteiger charge is -2.29. The zero-order valence-corrected chi connectivity index (χ0v) is 14.2. The van der Waals surface area contributed by atoms with Crippen LogP contribution in [0.15, 0.2) is 18.5 Å². The Bertz CT molecular complexity index is 783. The summed E-state index contributed by atoms with van der Waals surface area (Å²) in [6.07, 6.45) is 2.98. The Labute approximate surface area is 158 Å². The molecule has 2 aromatic rings. The second kappa shape index (κ2) is 9.48. The number of ether oxygens (including phenoxy) is 1. The average molecular weight is 417 g/mol. The van der Waals surface area contributed by atoms with Crippen LogP contribution in [0.4, 0.5) is 0 Å². The molecule has 0 N–H and O–H groups in total. The molecule has 19 heteroatoms. The predicted octanol–water partition coefficient (Wildman–Crippen LogP) is -1.56. The van der Waals surface area contributed by atoms with E-state index in [-0.39, 0.29) is 5.95 Å². The van der Waals surface area contributed by atoms with Crippen molar-refractivity contribution in [2.45, 2.75) is 0 Å². The molecular formula is C10H11N9O10. The summed E-state index contributed by atoms with van der Waals surface area (Å²) in [5.74, 6) is -0.00123. The van der Waals surface area contributed by atoms with E-state index < -0.39 is 53.1 Å². The number of aromatic nitrogens is 6. The fourth-order valence-electron chi connectivity index (χ4n) is 1.79. The molecule has 0 fully saturated rings. The van der Waals surface area contributed by atoms with Crippen LogP contribution in [0.3, 0.4) is 0 Å². The first-order chi connectivity index (χ1) is 13.8. The van der Waals surface area contributed by atoms with Gasteiger partial charge in [-0.2, -0.15) is 5.10 Å². The van der Waals surface area contributed by atoms with Crippen molar-refractivity contribution in [3.8, 4) is 12.0 Å². The van der Waals surface area contributed by atoms with E-state index in [1.807, 2.05) is 0 Å². The summed E-state index contributed by atoms with van der Waals surface area (Å²) in [6.45, 7) is -3.36. The highest BCUT2D eigenvalue weighted by Crippen LogP contribution is 2.21. The minimum absolute atomic E-state index is 0.00123. The fraction of sp³-hybridized carbons (Fsp3) is 0.500. The van der Waals surface area contributed by atoms with Gasteiger partial charge in [0.2, 0.25) is 0 Å². The average Bonchev–Trinajstić information content (AvgIpc) is 3.22. The molecule has 0 aliphatic rings. The van der Waals surface area contributed by atoms with Gasteiger partial charge in [0.25, 0.3) is 21.2 Å². The molecule has 0 unspecified atom stereocenters. The number of hydrogen-bond donors (Lipinski definition) is 0. The molecule has 0 saturated carbocycles. The van der Waals surface area contributed by atoms with Gasteiger partial charge < -0.3 is 19.2 Å². The largest absolute Gasteiger partial charge is 0.461 e. The molecule has 0 amide bonds. The van der Waals surface area contributed by atoms with Crippen LogP contribution >= 0.6 is 0 Å². The molecular weight excluding hydrogens is 406 g/mol. The van der Waals surface area contributed by atoms with Crippen molar-refractivity contribution in [3.05, 3.63) is 48.8 Å². The monoisotopic (exact) mass is 417 g/mol. The SMILES string of the molecule is O=[N+]([O-])OCC(COc1nnc(-n2cccn2)nn1)(CO[N+](=O)[O-])CO[N+](=O)[O-]. The van der Waals surface area contributed by atoms with E-state index in [1.54, 1.807) is 6.07 Å². The summed E-state index contributed by atoms with van der Waals surface area (Å²) < 4.78 is 6.40. The summed E-state index contributed by atoms with van der Waals surface area (Å²) in [5.41, 5.74) is -1.85. The molecule has 0 spiro atoms. The van der Waals surface area contributed by atoms with Crippen LogP contribution in [-0.2, 0) is 14.5 Å². The van der Waals surface area contributed by atoms with Gasteiger partial charge in [0.15, 0.2) is 0 Å². The van der Waals surface area contributed by atoms with Gasteiger partial charge in [-0.05, 0) is 6.07 Å². The standard InChI is InChI=1S/C10H11N9O10/c20-17(21)27-5-10(6-28-18(22)23,7-29-19(24)25)4-26-9-14-12-8(13-15-9)16-3-1-2-11-16/h1-3H,4-7H2. The Hall–Kier alpha value is -4.45. The molecule has 2 heterocycles. The third kappa shape index (κ3) is 6.65. The highest BCUT2D eigenvalue weighted by molar-refractivity contribution is 5.04. The lowest BCUT2D eigenvalue weighted by Crippen LogP contribution is -2.44. The highest BCUT2D eigenvalue weighted by Gasteiger charge is 2.37. The van der Waals surface area contributed by atoms with Gasteiger partial charge in [-0.15, -0.1) is 40.5 Å². The zero-order chi connectivity index (χ0) is 21.3. The van der Waals surface area contributed by atoms with E-state index in [2.05, 4.69) is 40.0 Å². The molecule has 0 aromatic carbocycles. The zero-order valence-electron chi connectivity index (χ0n) is 14.2. The molecule has 0 radical (unpaired) electrons. The van der Waals surface area contributed by atoms with E-state index in [0.29, 0.717) is 0 Å². The fourth-order valence-corrected chi connectivity index (χ4v) is 1.79.